The zero-order valence-corrected chi connectivity index (χ0v) is 21.9. The highest BCUT2D eigenvalue weighted by Crippen LogP contribution is 2.74. The van der Waals surface area contributed by atoms with Gasteiger partial charge in [-0.2, -0.15) is 21.6 Å². The van der Waals surface area contributed by atoms with Crippen LogP contribution in [-0.4, -0.2) is 55.7 Å². The molecule has 2 unspecified atom stereocenters. The van der Waals surface area contributed by atoms with E-state index in [9.17, 15) is 36.0 Å². The molecule has 0 N–H and O–H groups in total. The molecule has 10 atom stereocenters. The first-order valence-corrected chi connectivity index (χ1v) is 13.6. The van der Waals surface area contributed by atoms with Crippen LogP contribution >= 0.6 is 0 Å². The Labute approximate surface area is 212 Å². The van der Waals surface area contributed by atoms with E-state index in [0.29, 0.717) is 12.0 Å². The van der Waals surface area contributed by atoms with Crippen molar-refractivity contribution >= 4 is 28.0 Å². The van der Waals surface area contributed by atoms with E-state index in [-0.39, 0.29) is 5.92 Å². The molecule has 5 rings (SSSR count). The Hall–Kier alpha value is -2.15. The number of alkyl halides is 3. The van der Waals surface area contributed by atoms with E-state index in [4.69, 9.17) is 18.4 Å². The molecule has 1 heterocycles. The first-order valence-electron chi connectivity index (χ1n) is 12.1. The van der Waals surface area contributed by atoms with Gasteiger partial charge in [0, 0.05) is 12.8 Å². The number of rotatable bonds is 3. The maximum Gasteiger partial charge on any atom is 0.523 e. The Morgan fingerprint density at radius 2 is 1.81 bits per heavy atom. The van der Waals surface area contributed by atoms with Crippen molar-refractivity contribution in [2.24, 2.45) is 40.4 Å². The van der Waals surface area contributed by atoms with Crippen LogP contribution in [0.25, 0.3) is 0 Å². The molecule has 3 saturated carbocycles. The van der Waals surface area contributed by atoms with Gasteiger partial charge in [0.05, 0.1) is 17.4 Å². The third-order valence-corrected chi connectivity index (χ3v) is 10.6. The smallest absolute Gasteiger partial charge is 0.454 e. The van der Waals surface area contributed by atoms with Crippen LogP contribution in [0, 0.1) is 40.4 Å². The SMILES string of the molecule is CC(=O)O[C@H]1C(C)=C[C@@]23C(=O)[C@H](C4C(C[C@H]2C)C4(C)C)[C@H](OS(=O)(=O)C(F)(F)F)[C@H](C)[C@H]2OC(=O)O[C@@]213. The minimum absolute atomic E-state index is 0.129. The molecule has 0 aromatic heterocycles. The molecule has 0 aromatic carbocycles. The minimum Gasteiger partial charge on any atom is -0.454 e. The predicted octanol–water partition coefficient (Wildman–Crippen LogP) is 3.52. The van der Waals surface area contributed by atoms with Gasteiger partial charge in [-0.05, 0) is 42.1 Å². The molecule has 206 valence electrons. The van der Waals surface area contributed by atoms with Gasteiger partial charge in [0.15, 0.2) is 18.0 Å². The van der Waals surface area contributed by atoms with Gasteiger partial charge in [-0.15, -0.1) is 0 Å². The van der Waals surface area contributed by atoms with E-state index in [0.717, 1.165) is 6.92 Å². The maximum absolute atomic E-state index is 14.7. The lowest BCUT2D eigenvalue weighted by molar-refractivity contribution is -0.181. The summed E-state index contributed by atoms with van der Waals surface area (Å²) in [6, 6.07) is 0. The van der Waals surface area contributed by atoms with Gasteiger partial charge < -0.3 is 14.2 Å². The molecule has 4 aliphatic carbocycles. The van der Waals surface area contributed by atoms with Crippen LogP contribution in [0.1, 0.15) is 48.0 Å². The van der Waals surface area contributed by atoms with Crippen molar-refractivity contribution in [1.82, 2.24) is 0 Å². The minimum atomic E-state index is -6.12. The molecule has 2 bridgehead atoms. The lowest BCUT2D eigenvalue weighted by Crippen LogP contribution is -2.65. The van der Waals surface area contributed by atoms with Gasteiger partial charge >= 0.3 is 27.8 Å². The molecule has 2 spiro atoms. The number of halogens is 3. The third kappa shape index (κ3) is 3.12. The summed E-state index contributed by atoms with van der Waals surface area (Å²) < 4.78 is 86.7. The first kappa shape index (κ1) is 26.5. The molecular weight excluding hydrogens is 521 g/mol. The van der Waals surface area contributed by atoms with Crippen molar-refractivity contribution in [3.05, 3.63) is 11.6 Å². The lowest BCUT2D eigenvalue weighted by atomic mass is 9.59. The summed E-state index contributed by atoms with van der Waals surface area (Å²) in [5.74, 6) is -4.98. The number of carbonyl (C=O) groups is 3. The Kier molecular flexibility index (Phi) is 5.35. The predicted molar refractivity (Wildman–Crippen MR) is 118 cm³/mol. The summed E-state index contributed by atoms with van der Waals surface area (Å²) in [7, 11) is -6.12. The van der Waals surface area contributed by atoms with Crippen molar-refractivity contribution in [2.75, 3.05) is 0 Å². The molecule has 1 aliphatic heterocycles. The van der Waals surface area contributed by atoms with Gasteiger partial charge in [-0.25, -0.2) is 4.79 Å². The highest BCUT2D eigenvalue weighted by atomic mass is 32.2. The van der Waals surface area contributed by atoms with Crippen molar-refractivity contribution < 1.29 is 54.4 Å². The number of hydrogen-bond donors (Lipinski definition) is 0. The van der Waals surface area contributed by atoms with Crippen LogP contribution in [0.3, 0.4) is 0 Å². The van der Waals surface area contributed by atoms with Gasteiger partial charge in [0.2, 0.25) is 5.60 Å². The molecule has 0 radical (unpaired) electrons. The van der Waals surface area contributed by atoms with Crippen molar-refractivity contribution in [3.63, 3.8) is 0 Å². The van der Waals surface area contributed by atoms with E-state index in [1.54, 1.807) is 19.9 Å². The second-order valence-corrected chi connectivity index (χ2v) is 13.3. The van der Waals surface area contributed by atoms with Gasteiger partial charge in [0.1, 0.15) is 0 Å². The summed E-state index contributed by atoms with van der Waals surface area (Å²) in [4.78, 5) is 39.5. The van der Waals surface area contributed by atoms with Crippen LogP contribution in [0.15, 0.2) is 11.6 Å². The number of ketones is 1. The van der Waals surface area contributed by atoms with E-state index in [1.165, 1.54) is 6.92 Å². The molecule has 5 aliphatic rings. The van der Waals surface area contributed by atoms with E-state index >= 15 is 0 Å². The standard InChI is InChI=1S/C24H29F3O9S/c1-9-8-22-10(2)7-13-15(21(13,5)6)14(17(22)29)16(36-37(31,32)24(25,26)27)11(3)19-23(22,35-20(30)34-19)18(9)33-12(4)28/h8,10-11,13-16,18-19H,7H2,1-6H3/t10-,11+,13?,14-,15?,16-,18+,19-,22+,23-/m1/s1. The highest BCUT2D eigenvalue weighted by Gasteiger charge is 2.83. The highest BCUT2D eigenvalue weighted by molar-refractivity contribution is 7.87. The molecular formula is C24H29F3O9S. The molecule has 0 amide bonds. The second-order valence-electron chi connectivity index (χ2n) is 11.7. The first-order chi connectivity index (χ1) is 16.8. The summed E-state index contributed by atoms with van der Waals surface area (Å²) in [6.45, 7) is 9.69. The van der Waals surface area contributed by atoms with E-state index < -0.39 is 91.9 Å². The fraction of sp³-hybridized carbons (Fsp3) is 0.792. The molecule has 0 aromatic rings. The zero-order valence-electron chi connectivity index (χ0n) is 21.1. The normalized spacial score (nSPS) is 45.8. The summed E-state index contributed by atoms with van der Waals surface area (Å²) in [5, 5.41) is 0. The quantitative estimate of drug-likeness (QED) is 0.225. The van der Waals surface area contributed by atoms with Crippen LogP contribution < -0.4 is 0 Å². The average molecular weight is 551 g/mol. The largest absolute Gasteiger partial charge is 0.523 e. The number of hydrogen-bond acceptors (Lipinski definition) is 9. The molecule has 13 heteroatoms. The second kappa shape index (κ2) is 7.49. The van der Waals surface area contributed by atoms with Crippen LogP contribution in [0.2, 0.25) is 0 Å². The number of ether oxygens (including phenoxy) is 3. The zero-order chi connectivity index (χ0) is 27.7. The van der Waals surface area contributed by atoms with Crippen molar-refractivity contribution in [3.8, 4) is 0 Å². The number of fused-ring (bicyclic) bond motifs is 3. The summed E-state index contributed by atoms with van der Waals surface area (Å²) in [5.41, 5.74) is -9.35. The summed E-state index contributed by atoms with van der Waals surface area (Å²) in [6.07, 6.45) is -3.68. The Morgan fingerprint density at radius 1 is 1.19 bits per heavy atom. The van der Waals surface area contributed by atoms with Crippen molar-refractivity contribution in [1.29, 1.82) is 0 Å². The fourth-order valence-electron chi connectivity index (χ4n) is 8.07. The third-order valence-electron chi connectivity index (χ3n) is 9.58. The number of Topliss-reactive ketones (excluding diaryl/α,β-unsaturated/α-hetero) is 1. The van der Waals surface area contributed by atoms with Gasteiger partial charge in [-0.3, -0.25) is 13.8 Å². The Bertz CT molecular complexity index is 1220. The lowest BCUT2D eigenvalue weighted by Gasteiger charge is -2.47. The van der Waals surface area contributed by atoms with Gasteiger partial charge in [-0.1, -0.05) is 33.8 Å². The van der Waals surface area contributed by atoms with E-state index in [2.05, 4.69) is 0 Å². The topological polar surface area (TPSA) is 122 Å². The maximum atomic E-state index is 14.7. The summed E-state index contributed by atoms with van der Waals surface area (Å²) >= 11 is 0. The molecule has 1 saturated heterocycles. The van der Waals surface area contributed by atoms with Crippen LogP contribution in [0.4, 0.5) is 18.0 Å². The molecule has 4 fully saturated rings. The van der Waals surface area contributed by atoms with Crippen LogP contribution in [0.5, 0.6) is 0 Å². The number of carbonyl (C=O) groups excluding carboxylic acids is 3. The van der Waals surface area contributed by atoms with Crippen LogP contribution in [-0.2, 0) is 38.1 Å². The molecule has 9 nitrogen and oxygen atoms in total. The average Bonchev–Trinajstić information content (AvgIpc) is 3.03. The molecule has 37 heavy (non-hydrogen) atoms. The number of esters is 1. The Morgan fingerprint density at radius 3 is 2.38 bits per heavy atom. The monoisotopic (exact) mass is 550 g/mol. The van der Waals surface area contributed by atoms with E-state index in [1.807, 2.05) is 13.8 Å². The fourth-order valence-corrected chi connectivity index (χ4v) is 8.77. The van der Waals surface area contributed by atoms with Gasteiger partial charge in [0.25, 0.3) is 0 Å². The Balaban J connectivity index is 1.79. The van der Waals surface area contributed by atoms with Crippen molar-refractivity contribution in [2.45, 2.75) is 77.4 Å².